The van der Waals surface area contributed by atoms with Gasteiger partial charge in [-0.15, -0.1) is 0 Å². The molecular formula is C28H26N2O3. The Morgan fingerprint density at radius 2 is 1.91 bits per heavy atom. The van der Waals surface area contributed by atoms with Gasteiger partial charge in [0.05, 0.1) is 19.8 Å². The number of ether oxygens (including phenoxy) is 2. The minimum Gasteiger partial charge on any atom is -0.493 e. The van der Waals surface area contributed by atoms with Crippen molar-refractivity contribution < 1.29 is 14.3 Å². The van der Waals surface area contributed by atoms with E-state index in [0.29, 0.717) is 13.0 Å². The maximum Gasteiger partial charge on any atom is 0.323 e. The fourth-order valence-electron chi connectivity index (χ4n) is 5.42. The number of carbonyl (C=O) groups is 1. The van der Waals surface area contributed by atoms with Gasteiger partial charge in [0.25, 0.3) is 0 Å². The first-order valence-electron chi connectivity index (χ1n) is 11.5. The molecule has 166 valence electrons. The van der Waals surface area contributed by atoms with Crippen molar-refractivity contribution in [3.8, 4) is 5.75 Å². The Hall–Kier alpha value is -3.57. The van der Waals surface area contributed by atoms with Crippen molar-refractivity contribution >= 4 is 16.9 Å². The van der Waals surface area contributed by atoms with Crippen LogP contribution in [0.2, 0.25) is 0 Å². The lowest BCUT2D eigenvalue weighted by molar-refractivity contribution is -0.148. The summed E-state index contributed by atoms with van der Waals surface area (Å²) in [4.78, 5) is 19.1. The van der Waals surface area contributed by atoms with Crippen molar-refractivity contribution in [3.05, 3.63) is 101 Å². The summed E-state index contributed by atoms with van der Waals surface area (Å²) >= 11 is 0. The molecule has 0 amide bonds. The Balaban J connectivity index is 1.55. The molecular weight excluding hydrogens is 412 g/mol. The summed E-state index contributed by atoms with van der Waals surface area (Å²) in [6.45, 7) is 1.37. The molecule has 3 aromatic carbocycles. The quantitative estimate of drug-likeness (QED) is 0.466. The first-order chi connectivity index (χ1) is 16.2. The van der Waals surface area contributed by atoms with Gasteiger partial charge >= 0.3 is 5.97 Å². The third kappa shape index (κ3) is 3.40. The number of nitrogens with zero attached hydrogens (tertiary/aromatic N) is 1. The summed E-state index contributed by atoms with van der Waals surface area (Å²) in [5.41, 5.74) is 7.02. The molecule has 2 atom stereocenters. The number of rotatable bonds is 4. The maximum absolute atomic E-state index is 13.1. The number of H-pyrrole nitrogens is 1. The lowest BCUT2D eigenvalue weighted by Gasteiger charge is -2.41. The van der Waals surface area contributed by atoms with E-state index in [9.17, 15) is 4.79 Å². The van der Waals surface area contributed by atoms with E-state index < -0.39 is 0 Å². The van der Waals surface area contributed by atoms with Crippen LogP contribution in [0.5, 0.6) is 5.75 Å². The van der Waals surface area contributed by atoms with E-state index in [1.165, 1.54) is 29.2 Å². The second kappa shape index (κ2) is 8.09. The van der Waals surface area contributed by atoms with Crippen molar-refractivity contribution in [2.45, 2.75) is 31.5 Å². The summed E-state index contributed by atoms with van der Waals surface area (Å²) in [7, 11) is 1.48. The molecule has 3 heterocycles. The number of benzene rings is 3. The van der Waals surface area contributed by atoms with Crippen molar-refractivity contribution in [3.63, 3.8) is 0 Å². The Labute approximate surface area is 192 Å². The van der Waals surface area contributed by atoms with Gasteiger partial charge in [-0.3, -0.25) is 9.69 Å². The van der Waals surface area contributed by atoms with Gasteiger partial charge in [-0.05, 0) is 34.4 Å². The van der Waals surface area contributed by atoms with Crippen LogP contribution in [0, 0.1) is 0 Å². The number of esters is 1. The van der Waals surface area contributed by atoms with E-state index in [4.69, 9.17) is 9.47 Å². The van der Waals surface area contributed by atoms with E-state index in [1.54, 1.807) is 0 Å². The van der Waals surface area contributed by atoms with E-state index in [-0.39, 0.29) is 18.1 Å². The number of nitrogens with one attached hydrogen (secondary N) is 1. The minimum atomic E-state index is -0.378. The van der Waals surface area contributed by atoms with Crippen molar-refractivity contribution in [1.29, 1.82) is 0 Å². The normalized spacial score (nSPS) is 19.7. The molecule has 0 saturated carbocycles. The van der Waals surface area contributed by atoms with Crippen molar-refractivity contribution in [1.82, 2.24) is 9.88 Å². The van der Waals surface area contributed by atoms with Gasteiger partial charge in [0.15, 0.2) is 0 Å². The Morgan fingerprint density at radius 3 is 2.76 bits per heavy atom. The van der Waals surface area contributed by atoms with Crippen LogP contribution < -0.4 is 4.74 Å². The maximum atomic E-state index is 13.1. The molecule has 0 bridgehead atoms. The molecule has 6 rings (SSSR count). The van der Waals surface area contributed by atoms with E-state index in [1.807, 2.05) is 24.3 Å². The monoisotopic (exact) mass is 438 g/mol. The molecule has 0 fully saturated rings. The third-order valence-electron chi connectivity index (χ3n) is 6.96. The van der Waals surface area contributed by atoms with Crippen LogP contribution >= 0.6 is 0 Å². The van der Waals surface area contributed by atoms with Crippen LogP contribution in [0.1, 0.15) is 34.0 Å². The average molecular weight is 439 g/mol. The smallest absolute Gasteiger partial charge is 0.323 e. The van der Waals surface area contributed by atoms with Crippen LogP contribution in [-0.2, 0) is 28.9 Å². The molecule has 1 N–H and O–H groups in total. The molecule has 5 nitrogen and oxygen atoms in total. The van der Waals surface area contributed by atoms with E-state index in [0.717, 1.165) is 35.6 Å². The van der Waals surface area contributed by atoms with Gasteiger partial charge in [-0.2, -0.15) is 0 Å². The number of para-hydroxylation sites is 1. The topological polar surface area (TPSA) is 54.6 Å². The van der Waals surface area contributed by atoms with Gasteiger partial charge in [0.2, 0.25) is 0 Å². The number of fused-ring (bicyclic) bond motifs is 4. The van der Waals surface area contributed by atoms with Gasteiger partial charge in [-0.25, -0.2) is 0 Å². The highest BCUT2D eigenvalue weighted by Gasteiger charge is 2.41. The number of hydrogen-bond acceptors (Lipinski definition) is 4. The zero-order chi connectivity index (χ0) is 22.4. The highest BCUT2D eigenvalue weighted by molar-refractivity contribution is 5.87. The summed E-state index contributed by atoms with van der Waals surface area (Å²) in [6, 6.07) is 24.7. The van der Waals surface area contributed by atoms with Gasteiger partial charge < -0.3 is 14.5 Å². The van der Waals surface area contributed by atoms with Crippen LogP contribution in [0.4, 0.5) is 0 Å². The molecule has 4 aromatic rings. The minimum absolute atomic E-state index is 0.101. The lowest BCUT2D eigenvalue weighted by Crippen LogP contribution is -2.48. The summed E-state index contributed by atoms with van der Waals surface area (Å²) in [5, 5.41) is 1.18. The summed E-state index contributed by atoms with van der Waals surface area (Å²) in [5.74, 6) is 0.766. The molecule has 1 aromatic heterocycles. The van der Waals surface area contributed by atoms with Crippen LogP contribution in [-0.4, -0.2) is 35.6 Å². The number of aromatic amines is 1. The number of methoxy groups -OCH3 is 1. The average Bonchev–Trinajstić information content (AvgIpc) is 3.47. The van der Waals surface area contributed by atoms with Gasteiger partial charge in [0, 0.05) is 36.0 Å². The molecule has 0 aliphatic carbocycles. The fraction of sp³-hybridized carbons (Fsp3) is 0.250. The number of hydrogen-bond donors (Lipinski definition) is 1. The predicted octanol–water partition coefficient (Wildman–Crippen LogP) is 4.79. The lowest BCUT2D eigenvalue weighted by atomic mass is 9.87. The first kappa shape index (κ1) is 20.1. The predicted molar refractivity (Wildman–Crippen MR) is 127 cm³/mol. The highest BCUT2D eigenvalue weighted by Crippen LogP contribution is 2.43. The number of carbonyl (C=O) groups excluding carboxylic acids is 1. The molecule has 0 saturated heterocycles. The fourth-order valence-corrected chi connectivity index (χ4v) is 5.42. The largest absolute Gasteiger partial charge is 0.493 e. The number of aromatic nitrogens is 1. The van der Waals surface area contributed by atoms with Crippen molar-refractivity contribution in [2.75, 3.05) is 13.7 Å². The van der Waals surface area contributed by atoms with Crippen LogP contribution in [0.15, 0.2) is 72.8 Å². The van der Waals surface area contributed by atoms with E-state index in [2.05, 4.69) is 58.4 Å². The van der Waals surface area contributed by atoms with Gasteiger partial charge in [0.1, 0.15) is 11.8 Å². The van der Waals surface area contributed by atoms with Crippen LogP contribution in [0.25, 0.3) is 10.9 Å². The second-order valence-corrected chi connectivity index (χ2v) is 8.83. The molecule has 0 spiro atoms. The van der Waals surface area contributed by atoms with Crippen LogP contribution in [0.3, 0.4) is 0 Å². The third-order valence-corrected chi connectivity index (χ3v) is 6.96. The highest BCUT2D eigenvalue weighted by atomic mass is 16.5. The molecule has 2 aliphatic heterocycles. The Bertz CT molecular complexity index is 1330. The second-order valence-electron chi connectivity index (χ2n) is 8.83. The van der Waals surface area contributed by atoms with E-state index >= 15 is 0 Å². The Kier molecular flexibility index (Phi) is 4.92. The zero-order valence-electron chi connectivity index (χ0n) is 18.6. The SMILES string of the molecule is COC(=O)[C@@H]1Cc2c([nH]c3ccccc23)[C@@H](c2ccc3c(c2)CCO3)N1Cc1ccccc1. The summed E-state index contributed by atoms with van der Waals surface area (Å²) in [6.07, 6.45) is 1.53. The first-order valence-corrected chi connectivity index (χ1v) is 11.5. The molecule has 0 unspecified atom stereocenters. The molecule has 0 radical (unpaired) electrons. The molecule has 2 aliphatic rings. The Morgan fingerprint density at radius 1 is 1.09 bits per heavy atom. The van der Waals surface area contributed by atoms with Crippen molar-refractivity contribution in [2.24, 2.45) is 0 Å². The molecule has 5 heteroatoms. The zero-order valence-corrected chi connectivity index (χ0v) is 18.6. The summed E-state index contributed by atoms with van der Waals surface area (Å²) < 4.78 is 11.1. The van der Waals surface area contributed by atoms with Gasteiger partial charge in [-0.1, -0.05) is 60.7 Å². The molecule has 33 heavy (non-hydrogen) atoms. The standard InChI is InChI=1S/C28H26N2O3/c1-32-28(31)24-16-22-21-9-5-6-10-23(21)29-26(22)27(30(24)17-18-7-3-2-4-8-18)20-11-12-25-19(15-20)13-14-33-25/h2-12,15,24,27,29H,13-14,16-17H2,1H3/t24-,27+/m0/s1.